The summed E-state index contributed by atoms with van der Waals surface area (Å²) in [6.45, 7) is 9.40. The maximum atomic E-state index is 11.1. The summed E-state index contributed by atoms with van der Waals surface area (Å²) in [7, 11) is -3.23. The van der Waals surface area contributed by atoms with Gasteiger partial charge in [-0.05, 0) is 27.7 Å². The molecule has 0 atom stereocenters. The molecule has 0 aromatic rings. The summed E-state index contributed by atoms with van der Waals surface area (Å²) in [5, 5.41) is 0. The van der Waals surface area contributed by atoms with Crippen molar-refractivity contribution in [3.63, 3.8) is 0 Å². The van der Waals surface area contributed by atoms with Crippen molar-refractivity contribution in [3.05, 3.63) is 0 Å². The minimum atomic E-state index is -3.23. The number of nitrogens with one attached hydrogen (secondary N) is 1. The van der Waals surface area contributed by atoms with E-state index in [4.69, 9.17) is 5.73 Å². The quantitative estimate of drug-likeness (QED) is 0.394. The second-order valence-corrected chi connectivity index (χ2v) is 6.35. The summed E-state index contributed by atoms with van der Waals surface area (Å²) in [5.74, 6) is 0.443. The number of hydrogen-bond acceptors (Lipinski definition) is 3. The average molecular weight is 392 g/mol. The van der Waals surface area contributed by atoms with Crippen LogP contribution in [0.5, 0.6) is 0 Å². The molecule has 0 bridgehead atoms. The third-order valence-corrected chi connectivity index (χ3v) is 3.11. The smallest absolute Gasteiger partial charge is 0.209 e. The highest BCUT2D eigenvalue weighted by Gasteiger charge is 2.21. The molecule has 0 spiro atoms. The van der Waals surface area contributed by atoms with Crippen LogP contribution in [0.1, 0.15) is 27.7 Å². The molecule has 0 fully saturated rings. The van der Waals surface area contributed by atoms with Gasteiger partial charge in [0.1, 0.15) is 0 Å². The zero-order valence-electron chi connectivity index (χ0n) is 11.7. The first-order valence-corrected chi connectivity index (χ1v) is 7.54. The van der Waals surface area contributed by atoms with Crippen molar-refractivity contribution < 1.29 is 8.42 Å². The maximum absolute atomic E-state index is 11.1. The highest BCUT2D eigenvalue weighted by atomic mass is 127. The van der Waals surface area contributed by atoms with E-state index in [0.29, 0.717) is 12.5 Å². The minimum Gasteiger partial charge on any atom is -0.370 e. The Morgan fingerprint density at radius 3 is 2.11 bits per heavy atom. The molecule has 18 heavy (non-hydrogen) atoms. The van der Waals surface area contributed by atoms with Crippen molar-refractivity contribution in [2.24, 2.45) is 10.7 Å². The van der Waals surface area contributed by atoms with E-state index in [-0.39, 0.29) is 24.0 Å². The molecule has 0 saturated carbocycles. The van der Waals surface area contributed by atoms with E-state index in [9.17, 15) is 8.42 Å². The standard InChI is InChI=1S/C10H24N4O2S.HI/c1-6-14(7-2)9(11)12-8-10(3,4)13-17(5,15)16;/h13H,6-8H2,1-5H3,(H2,11,12);1H. The molecule has 0 aliphatic heterocycles. The molecular formula is C10H25IN4O2S. The third-order valence-electron chi connectivity index (χ3n) is 2.19. The van der Waals surface area contributed by atoms with Gasteiger partial charge >= 0.3 is 0 Å². The molecule has 0 radical (unpaired) electrons. The molecule has 110 valence electrons. The second kappa shape index (κ2) is 8.16. The molecule has 3 N–H and O–H groups in total. The van der Waals surface area contributed by atoms with Gasteiger partial charge in [-0.1, -0.05) is 0 Å². The molecule has 0 aliphatic rings. The van der Waals surface area contributed by atoms with Crippen molar-refractivity contribution in [2.45, 2.75) is 33.2 Å². The van der Waals surface area contributed by atoms with Crippen molar-refractivity contribution in [2.75, 3.05) is 25.9 Å². The van der Waals surface area contributed by atoms with Crippen LogP contribution in [0.2, 0.25) is 0 Å². The van der Waals surface area contributed by atoms with Gasteiger partial charge in [0.05, 0.1) is 12.8 Å². The van der Waals surface area contributed by atoms with Gasteiger partial charge in [-0.15, -0.1) is 24.0 Å². The fourth-order valence-electron chi connectivity index (χ4n) is 1.46. The SMILES string of the molecule is CCN(CC)C(N)=NCC(C)(C)NS(C)(=O)=O.I. The topological polar surface area (TPSA) is 87.8 Å². The Hall–Kier alpha value is -0.0900. The Kier molecular flexibility index (Phi) is 9.17. The van der Waals surface area contributed by atoms with E-state index >= 15 is 0 Å². The number of rotatable bonds is 6. The lowest BCUT2D eigenvalue weighted by Crippen LogP contribution is -2.46. The van der Waals surface area contributed by atoms with E-state index in [0.717, 1.165) is 19.3 Å². The van der Waals surface area contributed by atoms with Crippen LogP contribution in [-0.2, 0) is 10.0 Å². The first-order chi connectivity index (χ1) is 7.61. The Bertz CT molecular complexity index is 364. The van der Waals surface area contributed by atoms with E-state index in [2.05, 4.69) is 9.71 Å². The van der Waals surface area contributed by atoms with Crippen LogP contribution in [0.3, 0.4) is 0 Å². The lowest BCUT2D eigenvalue weighted by atomic mass is 10.1. The summed E-state index contributed by atoms with van der Waals surface area (Å²) >= 11 is 0. The fourth-order valence-corrected chi connectivity index (χ4v) is 2.53. The molecule has 0 rings (SSSR count). The molecule has 0 amide bonds. The van der Waals surface area contributed by atoms with Crippen LogP contribution in [0.4, 0.5) is 0 Å². The molecular weight excluding hydrogens is 367 g/mol. The fraction of sp³-hybridized carbons (Fsp3) is 0.900. The monoisotopic (exact) mass is 392 g/mol. The largest absolute Gasteiger partial charge is 0.370 e. The molecule has 0 aromatic carbocycles. The first kappa shape index (κ1) is 20.2. The highest BCUT2D eigenvalue weighted by Crippen LogP contribution is 2.04. The molecule has 0 saturated heterocycles. The Balaban J connectivity index is 0. The highest BCUT2D eigenvalue weighted by molar-refractivity contribution is 14.0. The van der Waals surface area contributed by atoms with Gasteiger partial charge in [-0.3, -0.25) is 4.99 Å². The second-order valence-electron chi connectivity index (χ2n) is 4.60. The van der Waals surface area contributed by atoms with Gasteiger partial charge in [0.25, 0.3) is 0 Å². The predicted octanol–water partition coefficient (Wildman–Crippen LogP) is 0.589. The van der Waals surface area contributed by atoms with E-state index < -0.39 is 15.6 Å². The van der Waals surface area contributed by atoms with E-state index in [1.807, 2.05) is 18.7 Å². The number of halogens is 1. The number of sulfonamides is 1. The van der Waals surface area contributed by atoms with Crippen molar-refractivity contribution in [1.82, 2.24) is 9.62 Å². The summed E-state index contributed by atoms with van der Waals surface area (Å²) in [5.41, 5.74) is 5.18. The number of nitrogens with two attached hydrogens (primary N) is 1. The van der Waals surface area contributed by atoms with Crippen molar-refractivity contribution >= 4 is 40.0 Å². The zero-order valence-corrected chi connectivity index (χ0v) is 14.9. The van der Waals surface area contributed by atoms with Gasteiger partial charge < -0.3 is 10.6 Å². The van der Waals surface area contributed by atoms with Crippen molar-refractivity contribution in [3.8, 4) is 0 Å². The summed E-state index contributed by atoms with van der Waals surface area (Å²) in [6, 6.07) is 0. The van der Waals surface area contributed by atoms with Crippen LogP contribution < -0.4 is 10.5 Å². The van der Waals surface area contributed by atoms with Gasteiger partial charge in [-0.2, -0.15) is 0 Å². The number of nitrogens with zero attached hydrogens (tertiary/aromatic N) is 2. The Morgan fingerprint density at radius 2 is 1.78 bits per heavy atom. The maximum Gasteiger partial charge on any atom is 0.209 e. The molecule has 0 aliphatic carbocycles. The van der Waals surface area contributed by atoms with E-state index in [1.165, 1.54) is 0 Å². The molecule has 0 aromatic heterocycles. The summed E-state index contributed by atoms with van der Waals surface area (Å²) in [4.78, 5) is 6.13. The van der Waals surface area contributed by atoms with Crippen LogP contribution in [0, 0.1) is 0 Å². The van der Waals surface area contributed by atoms with Crippen LogP contribution in [0.15, 0.2) is 4.99 Å². The molecule has 0 heterocycles. The van der Waals surface area contributed by atoms with Gasteiger partial charge in [0, 0.05) is 18.6 Å². The molecule has 6 nitrogen and oxygen atoms in total. The lowest BCUT2D eigenvalue weighted by Gasteiger charge is -2.25. The number of aliphatic imine (C=N–C) groups is 1. The lowest BCUT2D eigenvalue weighted by molar-refractivity contribution is 0.439. The molecule has 8 heteroatoms. The Labute approximate surface area is 127 Å². The summed E-state index contributed by atoms with van der Waals surface area (Å²) in [6.07, 6.45) is 1.13. The first-order valence-electron chi connectivity index (χ1n) is 5.65. The van der Waals surface area contributed by atoms with Crippen molar-refractivity contribution in [1.29, 1.82) is 0 Å². The zero-order chi connectivity index (χ0) is 13.7. The van der Waals surface area contributed by atoms with Gasteiger partial charge in [0.15, 0.2) is 5.96 Å². The summed E-state index contributed by atoms with van der Waals surface area (Å²) < 4.78 is 24.8. The average Bonchev–Trinajstić information content (AvgIpc) is 2.13. The van der Waals surface area contributed by atoms with Gasteiger partial charge in [-0.25, -0.2) is 13.1 Å². The van der Waals surface area contributed by atoms with Crippen LogP contribution in [0.25, 0.3) is 0 Å². The molecule has 0 unspecified atom stereocenters. The van der Waals surface area contributed by atoms with Crippen LogP contribution in [-0.4, -0.2) is 50.7 Å². The van der Waals surface area contributed by atoms with E-state index in [1.54, 1.807) is 13.8 Å². The number of hydrogen-bond donors (Lipinski definition) is 2. The van der Waals surface area contributed by atoms with Gasteiger partial charge in [0.2, 0.25) is 10.0 Å². The Morgan fingerprint density at radius 1 is 1.33 bits per heavy atom. The third kappa shape index (κ3) is 8.92. The normalized spacial score (nSPS) is 13.1. The predicted molar refractivity (Wildman–Crippen MR) is 86.9 cm³/mol. The number of guanidine groups is 1. The van der Waals surface area contributed by atoms with Crippen LogP contribution >= 0.6 is 24.0 Å². The minimum absolute atomic E-state index is 0.